The Morgan fingerprint density at radius 3 is 2.67 bits per heavy atom. The summed E-state index contributed by atoms with van der Waals surface area (Å²) in [6.07, 6.45) is -0.647. The van der Waals surface area contributed by atoms with Crippen molar-refractivity contribution in [3.8, 4) is 0 Å². The smallest absolute Gasteiger partial charge is 0.287 e. The lowest BCUT2D eigenvalue weighted by Gasteiger charge is -2.28. The lowest BCUT2D eigenvalue weighted by molar-refractivity contribution is 0.0689. The lowest BCUT2D eigenvalue weighted by Crippen LogP contribution is -2.50. The van der Waals surface area contributed by atoms with Crippen LogP contribution in [0.2, 0.25) is 0 Å². The summed E-state index contributed by atoms with van der Waals surface area (Å²) in [6.45, 7) is 5.16. The van der Waals surface area contributed by atoms with Gasteiger partial charge in [0.25, 0.3) is 5.91 Å². The third-order valence-corrected chi connectivity index (χ3v) is 3.13. The summed E-state index contributed by atoms with van der Waals surface area (Å²) in [6, 6.07) is 9.14. The van der Waals surface area contributed by atoms with Crippen LogP contribution >= 0.6 is 0 Å². The van der Waals surface area contributed by atoms with E-state index in [1.807, 2.05) is 24.3 Å². The van der Waals surface area contributed by atoms with E-state index in [0.29, 0.717) is 5.58 Å². The summed E-state index contributed by atoms with van der Waals surface area (Å²) in [5.41, 5.74) is -0.0201. The quantitative estimate of drug-likeness (QED) is 0.875. The zero-order valence-corrected chi connectivity index (χ0v) is 10.7. The maximum absolute atomic E-state index is 12.0. The molecule has 1 unspecified atom stereocenters. The number of carbonyl (C=O) groups is 1. The number of aliphatic hydroxyl groups is 1. The van der Waals surface area contributed by atoms with Gasteiger partial charge in [-0.1, -0.05) is 18.2 Å². The van der Waals surface area contributed by atoms with Gasteiger partial charge < -0.3 is 14.8 Å². The number of hydrogen-bond acceptors (Lipinski definition) is 3. The van der Waals surface area contributed by atoms with Crippen LogP contribution in [0.3, 0.4) is 0 Å². The van der Waals surface area contributed by atoms with E-state index < -0.39 is 11.6 Å². The summed E-state index contributed by atoms with van der Waals surface area (Å²) < 4.78 is 5.46. The number of amides is 1. The van der Waals surface area contributed by atoms with Gasteiger partial charge in [0, 0.05) is 5.39 Å². The monoisotopic (exact) mass is 247 g/mol. The number of carbonyl (C=O) groups excluding carboxylic acids is 1. The maximum atomic E-state index is 12.0. The molecule has 18 heavy (non-hydrogen) atoms. The molecule has 4 nitrogen and oxygen atoms in total. The van der Waals surface area contributed by atoms with Gasteiger partial charge in [-0.15, -0.1) is 0 Å². The van der Waals surface area contributed by atoms with Crippen LogP contribution in [0.5, 0.6) is 0 Å². The molecule has 0 aliphatic carbocycles. The maximum Gasteiger partial charge on any atom is 0.287 e. The molecule has 2 rings (SSSR count). The normalized spacial score (nSPS) is 13.6. The third-order valence-electron chi connectivity index (χ3n) is 3.13. The number of fused-ring (bicyclic) bond motifs is 1. The second kappa shape index (κ2) is 4.46. The van der Waals surface area contributed by atoms with Crippen LogP contribution in [0.25, 0.3) is 11.0 Å². The van der Waals surface area contributed by atoms with Crippen molar-refractivity contribution in [3.63, 3.8) is 0 Å². The number of benzene rings is 1. The van der Waals surface area contributed by atoms with E-state index in [-0.39, 0.29) is 11.7 Å². The van der Waals surface area contributed by atoms with Crippen molar-refractivity contribution in [3.05, 3.63) is 36.1 Å². The Balaban J connectivity index is 2.24. The fourth-order valence-corrected chi connectivity index (χ4v) is 1.55. The fraction of sp³-hybridized carbons (Fsp3) is 0.357. The number of furan rings is 1. The first kappa shape index (κ1) is 12.6. The van der Waals surface area contributed by atoms with E-state index in [0.717, 1.165) is 5.39 Å². The van der Waals surface area contributed by atoms with E-state index >= 15 is 0 Å². The Morgan fingerprint density at radius 1 is 1.39 bits per heavy atom. The Bertz CT molecular complexity index is 536. The van der Waals surface area contributed by atoms with Crippen LogP contribution in [0, 0.1) is 0 Å². The predicted molar refractivity (Wildman–Crippen MR) is 69.4 cm³/mol. The van der Waals surface area contributed by atoms with Crippen LogP contribution in [-0.2, 0) is 0 Å². The van der Waals surface area contributed by atoms with Crippen molar-refractivity contribution < 1.29 is 14.3 Å². The molecule has 0 radical (unpaired) electrons. The molecule has 2 N–H and O–H groups in total. The number of nitrogens with one attached hydrogen (secondary N) is 1. The summed E-state index contributed by atoms with van der Waals surface area (Å²) >= 11 is 0. The highest BCUT2D eigenvalue weighted by atomic mass is 16.3. The van der Waals surface area contributed by atoms with Gasteiger partial charge in [0.1, 0.15) is 5.58 Å². The minimum absolute atomic E-state index is 0.255. The first-order valence-corrected chi connectivity index (χ1v) is 5.89. The minimum atomic E-state index is -0.698. The van der Waals surface area contributed by atoms with Gasteiger partial charge in [-0.25, -0.2) is 0 Å². The first-order valence-electron chi connectivity index (χ1n) is 5.89. The summed E-state index contributed by atoms with van der Waals surface area (Å²) in [7, 11) is 0. The van der Waals surface area contributed by atoms with Crippen LogP contribution in [0.4, 0.5) is 0 Å². The predicted octanol–water partition coefficient (Wildman–Crippen LogP) is 2.32. The molecule has 0 saturated carbocycles. The molecule has 1 aromatic carbocycles. The number of para-hydroxylation sites is 1. The zero-order valence-electron chi connectivity index (χ0n) is 10.7. The summed E-state index contributed by atoms with van der Waals surface area (Å²) in [4.78, 5) is 12.0. The van der Waals surface area contributed by atoms with Crippen molar-refractivity contribution in [1.29, 1.82) is 0 Å². The van der Waals surface area contributed by atoms with Gasteiger partial charge in [-0.05, 0) is 32.9 Å². The second-order valence-corrected chi connectivity index (χ2v) is 5.00. The third kappa shape index (κ3) is 2.38. The van der Waals surface area contributed by atoms with Crippen molar-refractivity contribution in [2.45, 2.75) is 32.4 Å². The molecule has 0 spiro atoms. The van der Waals surface area contributed by atoms with Crippen molar-refractivity contribution >= 4 is 16.9 Å². The Labute approximate surface area is 106 Å². The highest BCUT2D eigenvalue weighted by molar-refractivity contribution is 5.96. The SMILES string of the molecule is CC(O)C(C)(C)NC(=O)c1cc2ccccc2o1. The molecule has 0 aliphatic rings. The average Bonchev–Trinajstić information content (AvgIpc) is 2.71. The first-order chi connectivity index (χ1) is 8.40. The van der Waals surface area contributed by atoms with E-state index in [2.05, 4.69) is 5.32 Å². The van der Waals surface area contributed by atoms with Gasteiger partial charge in [-0.2, -0.15) is 0 Å². The summed E-state index contributed by atoms with van der Waals surface area (Å²) in [5.74, 6) is -0.0676. The molecule has 1 heterocycles. The summed E-state index contributed by atoms with van der Waals surface area (Å²) in [5, 5.41) is 13.2. The number of rotatable bonds is 3. The van der Waals surface area contributed by atoms with Gasteiger partial charge in [0.05, 0.1) is 11.6 Å². The van der Waals surface area contributed by atoms with E-state index in [1.165, 1.54) is 0 Å². The molecule has 0 bridgehead atoms. The Morgan fingerprint density at radius 2 is 2.06 bits per heavy atom. The van der Waals surface area contributed by atoms with Crippen LogP contribution < -0.4 is 5.32 Å². The molecule has 2 aromatic rings. The van der Waals surface area contributed by atoms with Gasteiger partial charge in [-0.3, -0.25) is 4.79 Å². The lowest BCUT2D eigenvalue weighted by atomic mass is 9.99. The fourth-order valence-electron chi connectivity index (χ4n) is 1.55. The van der Waals surface area contributed by atoms with Crippen LogP contribution in [0.1, 0.15) is 31.3 Å². The molecular formula is C14H17NO3. The molecule has 4 heteroatoms. The van der Waals surface area contributed by atoms with Crippen molar-refractivity contribution in [1.82, 2.24) is 5.32 Å². The largest absolute Gasteiger partial charge is 0.451 e. The van der Waals surface area contributed by atoms with Gasteiger partial charge in [0.15, 0.2) is 5.76 Å². The highest BCUT2D eigenvalue weighted by Crippen LogP contribution is 2.19. The van der Waals surface area contributed by atoms with Crippen molar-refractivity contribution in [2.75, 3.05) is 0 Å². The van der Waals surface area contributed by atoms with E-state index in [1.54, 1.807) is 26.8 Å². The molecule has 0 saturated heterocycles. The molecule has 0 fully saturated rings. The molecular weight excluding hydrogens is 230 g/mol. The number of hydrogen-bond donors (Lipinski definition) is 2. The average molecular weight is 247 g/mol. The van der Waals surface area contributed by atoms with E-state index in [4.69, 9.17) is 4.42 Å². The molecule has 1 amide bonds. The Kier molecular flexibility index (Phi) is 3.13. The highest BCUT2D eigenvalue weighted by Gasteiger charge is 2.27. The van der Waals surface area contributed by atoms with Gasteiger partial charge >= 0.3 is 0 Å². The molecule has 1 atom stereocenters. The molecule has 96 valence electrons. The Hall–Kier alpha value is -1.81. The van der Waals surface area contributed by atoms with E-state index in [9.17, 15) is 9.90 Å². The van der Waals surface area contributed by atoms with Crippen molar-refractivity contribution in [2.24, 2.45) is 0 Å². The number of aliphatic hydroxyl groups excluding tert-OH is 1. The molecule has 1 aromatic heterocycles. The zero-order chi connectivity index (χ0) is 13.3. The topological polar surface area (TPSA) is 62.5 Å². The van der Waals surface area contributed by atoms with Gasteiger partial charge in [0.2, 0.25) is 0 Å². The minimum Gasteiger partial charge on any atom is -0.451 e. The van der Waals surface area contributed by atoms with Crippen LogP contribution in [0.15, 0.2) is 34.7 Å². The standard InChI is InChI=1S/C14H17NO3/c1-9(16)14(2,3)15-13(17)12-8-10-6-4-5-7-11(10)18-12/h4-9,16H,1-3H3,(H,15,17). The van der Waals surface area contributed by atoms with Crippen LogP contribution in [-0.4, -0.2) is 22.7 Å². The molecule has 0 aliphatic heterocycles. The second-order valence-electron chi connectivity index (χ2n) is 5.00.